The molecule has 0 aromatic carbocycles. The second-order valence-corrected chi connectivity index (χ2v) is 6.78. The van der Waals surface area contributed by atoms with E-state index in [2.05, 4.69) is 49.0 Å². The first-order chi connectivity index (χ1) is 13.4. The minimum Gasteiger partial charge on any atom is -0.462 e. The Labute approximate surface area is 171 Å². The van der Waals surface area contributed by atoms with Gasteiger partial charge in [-0.3, -0.25) is 4.79 Å². The Kier molecular flexibility index (Phi) is 15.7. The quantitative estimate of drug-likeness (QED) is 0.211. The van der Waals surface area contributed by atoms with Crippen LogP contribution in [-0.2, 0) is 19.1 Å². The number of carbonyl (C=O) groups excluding carboxylic acids is 2. The maximum atomic E-state index is 12.0. The van der Waals surface area contributed by atoms with Gasteiger partial charge in [-0.1, -0.05) is 34.3 Å². The van der Waals surface area contributed by atoms with E-state index in [0.717, 1.165) is 52.4 Å². The molecule has 7 nitrogen and oxygen atoms in total. The molecule has 0 bridgehead atoms. The highest BCUT2D eigenvalue weighted by Crippen LogP contribution is 1.99. The van der Waals surface area contributed by atoms with Crippen LogP contribution in [0.1, 0.15) is 41.0 Å². The zero-order valence-electron chi connectivity index (χ0n) is 18.7. The normalized spacial score (nSPS) is 11.3. The molecule has 0 heterocycles. The highest BCUT2D eigenvalue weighted by molar-refractivity contribution is 5.86. The lowest BCUT2D eigenvalue weighted by Crippen LogP contribution is -2.40. The number of esters is 2. The molecule has 0 atom stereocenters. The molecule has 0 unspecified atom stereocenters. The Bertz CT molecular complexity index is 433. The number of hydrogen-bond acceptors (Lipinski definition) is 7. The summed E-state index contributed by atoms with van der Waals surface area (Å²) in [6, 6.07) is 0. The monoisotopic (exact) mass is 399 g/mol. The number of hydrogen-bond donors (Lipinski definition) is 0. The molecule has 164 valence electrons. The number of nitrogens with zero attached hydrogens (tertiary/aromatic N) is 3. The fraction of sp³-hybridized carbons (Fsp3) is 0.810. The van der Waals surface area contributed by atoms with Gasteiger partial charge in [0.1, 0.15) is 13.2 Å². The summed E-state index contributed by atoms with van der Waals surface area (Å²) < 4.78 is 10.1. The van der Waals surface area contributed by atoms with E-state index in [9.17, 15) is 9.59 Å². The molecule has 0 amide bonds. The maximum absolute atomic E-state index is 12.0. The van der Waals surface area contributed by atoms with Crippen LogP contribution in [0.3, 0.4) is 0 Å². The van der Waals surface area contributed by atoms with Gasteiger partial charge in [-0.2, -0.15) is 0 Å². The number of rotatable bonds is 17. The first kappa shape index (κ1) is 26.6. The van der Waals surface area contributed by atoms with Gasteiger partial charge in [0.25, 0.3) is 0 Å². The van der Waals surface area contributed by atoms with Gasteiger partial charge in [0.2, 0.25) is 0 Å². The van der Waals surface area contributed by atoms with E-state index in [-0.39, 0.29) is 19.2 Å². The molecule has 0 N–H and O–H groups in total. The molecule has 0 aromatic heterocycles. The van der Waals surface area contributed by atoms with Gasteiger partial charge in [-0.05, 0) is 33.1 Å². The summed E-state index contributed by atoms with van der Waals surface area (Å²) in [5.74, 6) is -0.725. The molecule has 0 fully saturated rings. The molecule has 0 radical (unpaired) electrons. The van der Waals surface area contributed by atoms with Crippen LogP contribution in [0.25, 0.3) is 0 Å². The smallest absolute Gasteiger partial charge is 0.333 e. The summed E-state index contributed by atoms with van der Waals surface area (Å²) in [5.41, 5.74) is 0.336. The molecule has 28 heavy (non-hydrogen) atoms. The number of ether oxygens (including phenoxy) is 2. The second kappa shape index (κ2) is 16.5. The first-order valence-corrected chi connectivity index (χ1v) is 10.5. The third kappa shape index (κ3) is 12.9. The van der Waals surface area contributed by atoms with Gasteiger partial charge in [-0.15, -0.1) is 0 Å². The Balaban J connectivity index is 4.33. The van der Waals surface area contributed by atoms with E-state index in [0.29, 0.717) is 18.5 Å². The lowest BCUT2D eigenvalue weighted by molar-refractivity contribution is -0.150. The third-order valence-electron chi connectivity index (χ3n) is 4.81. The van der Waals surface area contributed by atoms with Crippen molar-refractivity contribution in [3.63, 3.8) is 0 Å². The van der Waals surface area contributed by atoms with Gasteiger partial charge < -0.3 is 24.2 Å². The van der Waals surface area contributed by atoms with Crippen LogP contribution in [0.15, 0.2) is 12.2 Å². The largest absolute Gasteiger partial charge is 0.462 e. The zero-order valence-corrected chi connectivity index (χ0v) is 18.7. The van der Waals surface area contributed by atoms with Gasteiger partial charge >= 0.3 is 11.9 Å². The van der Waals surface area contributed by atoms with Crippen LogP contribution in [-0.4, -0.2) is 98.8 Å². The summed E-state index contributed by atoms with van der Waals surface area (Å²) >= 11 is 0. The van der Waals surface area contributed by atoms with Gasteiger partial charge in [0, 0.05) is 38.3 Å². The molecule has 0 aromatic rings. The summed E-state index contributed by atoms with van der Waals surface area (Å²) in [4.78, 5) is 30.4. The Morgan fingerprint density at radius 3 is 1.57 bits per heavy atom. The first-order valence-electron chi connectivity index (χ1n) is 10.5. The SMILES string of the molecule is C=C(C)C(=O)OCCOC(=O)CCN(CCN(CC)CC)CCN(CC)CC. The van der Waals surface area contributed by atoms with Crippen molar-refractivity contribution < 1.29 is 19.1 Å². The standard InChI is InChI=1S/C21H41N3O4/c1-7-22(8-2)13-15-24(16-14-23(9-3)10-4)12-11-20(25)27-17-18-28-21(26)19(5)6/h5,7-18H2,1-4,6H3. The molecule has 0 aliphatic heterocycles. The van der Waals surface area contributed by atoms with Gasteiger partial charge in [0.15, 0.2) is 0 Å². The fourth-order valence-electron chi connectivity index (χ4n) is 2.72. The molecule has 0 aliphatic carbocycles. The minimum absolute atomic E-state index is 0.0606. The molecule has 0 aliphatic rings. The number of likely N-dealkylation sites (N-methyl/N-ethyl adjacent to an activating group) is 2. The second-order valence-electron chi connectivity index (χ2n) is 6.78. The minimum atomic E-state index is -0.463. The summed E-state index contributed by atoms with van der Waals surface area (Å²) in [6.45, 7) is 22.6. The van der Waals surface area contributed by atoms with Crippen molar-refractivity contribution in [2.75, 3.05) is 72.1 Å². The fourth-order valence-corrected chi connectivity index (χ4v) is 2.72. The van der Waals surface area contributed by atoms with Crippen molar-refractivity contribution in [2.24, 2.45) is 0 Å². The molecule has 0 saturated carbocycles. The van der Waals surface area contributed by atoms with Crippen molar-refractivity contribution in [3.8, 4) is 0 Å². The van der Waals surface area contributed by atoms with Crippen LogP contribution >= 0.6 is 0 Å². The van der Waals surface area contributed by atoms with Gasteiger partial charge in [-0.25, -0.2) is 4.79 Å². The summed E-state index contributed by atoms with van der Waals surface area (Å²) in [7, 11) is 0. The summed E-state index contributed by atoms with van der Waals surface area (Å²) in [5, 5.41) is 0. The highest BCUT2D eigenvalue weighted by Gasteiger charge is 2.12. The highest BCUT2D eigenvalue weighted by atomic mass is 16.6. The third-order valence-corrected chi connectivity index (χ3v) is 4.81. The van der Waals surface area contributed by atoms with E-state index in [4.69, 9.17) is 9.47 Å². The molecular formula is C21H41N3O4. The lowest BCUT2D eigenvalue weighted by atomic mass is 10.3. The van der Waals surface area contributed by atoms with E-state index < -0.39 is 5.97 Å². The molecular weight excluding hydrogens is 358 g/mol. The predicted octanol–water partition coefficient (Wildman–Crippen LogP) is 2.02. The Hall–Kier alpha value is -1.44. The molecule has 0 saturated heterocycles. The van der Waals surface area contributed by atoms with Crippen LogP contribution in [0.4, 0.5) is 0 Å². The molecule has 7 heteroatoms. The van der Waals surface area contributed by atoms with Crippen LogP contribution in [0, 0.1) is 0 Å². The zero-order chi connectivity index (χ0) is 21.4. The maximum Gasteiger partial charge on any atom is 0.333 e. The summed E-state index contributed by atoms with van der Waals surface area (Å²) in [6.07, 6.45) is 0.338. The topological polar surface area (TPSA) is 62.3 Å². The van der Waals surface area contributed by atoms with Crippen molar-refractivity contribution >= 4 is 11.9 Å². The predicted molar refractivity (Wildman–Crippen MR) is 113 cm³/mol. The Morgan fingerprint density at radius 2 is 1.14 bits per heavy atom. The number of carbonyl (C=O) groups is 2. The van der Waals surface area contributed by atoms with Gasteiger partial charge in [0.05, 0.1) is 6.42 Å². The van der Waals surface area contributed by atoms with Crippen molar-refractivity contribution in [1.82, 2.24) is 14.7 Å². The Morgan fingerprint density at radius 1 is 0.714 bits per heavy atom. The molecule has 0 spiro atoms. The van der Waals surface area contributed by atoms with E-state index >= 15 is 0 Å². The van der Waals surface area contributed by atoms with Crippen LogP contribution < -0.4 is 0 Å². The van der Waals surface area contributed by atoms with E-state index in [1.54, 1.807) is 6.92 Å². The average molecular weight is 400 g/mol. The van der Waals surface area contributed by atoms with E-state index in [1.807, 2.05) is 0 Å². The van der Waals surface area contributed by atoms with E-state index in [1.165, 1.54) is 0 Å². The lowest BCUT2D eigenvalue weighted by Gasteiger charge is -2.28. The van der Waals surface area contributed by atoms with Crippen molar-refractivity contribution in [1.29, 1.82) is 0 Å². The van der Waals surface area contributed by atoms with Crippen molar-refractivity contribution in [3.05, 3.63) is 12.2 Å². The van der Waals surface area contributed by atoms with Crippen molar-refractivity contribution in [2.45, 2.75) is 41.0 Å². The average Bonchev–Trinajstić information content (AvgIpc) is 2.69. The van der Waals surface area contributed by atoms with Crippen LogP contribution in [0.2, 0.25) is 0 Å². The molecule has 0 rings (SSSR count). The van der Waals surface area contributed by atoms with Crippen LogP contribution in [0.5, 0.6) is 0 Å².